The fourth-order valence-corrected chi connectivity index (χ4v) is 2.86. The molecule has 1 aliphatic carbocycles. The summed E-state index contributed by atoms with van der Waals surface area (Å²) < 4.78 is 0. The Hall–Kier alpha value is -2.14. The van der Waals surface area contributed by atoms with Crippen molar-refractivity contribution in [2.75, 3.05) is 10.6 Å². The van der Waals surface area contributed by atoms with Gasteiger partial charge >= 0.3 is 0 Å². The van der Waals surface area contributed by atoms with Crippen LogP contribution in [0, 0.1) is 6.92 Å². The summed E-state index contributed by atoms with van der Waals surface area (Å²) in [7, 11) is 0. The summed E-state index contributed by atoms with van der Waals surface area (Å²) in [5.41, 5.74) is 1.88. The van der Waals surface area contributed by atoms with Gasteiger partial charge in [-0.2, -0.15) is 0 Å². The minimum absolute atomic E-state index is 0.277. The molecule has 120 valence electrons. The number of amides is 1. The molecule has 6 heteroatoms. The molecule has 0 radical (unpaired) electrons. The van der Waals surface area contributed by atoms with Crippen LogP contribution >= 0.6 is 11.6 Å². The lowest BCUT2D eigenvalue weighted by molar-refractivity contribution is 0.102. The van der Waals surface area contributed by atoms with Crippen molar-refractivity contribution in [1.29, 1.82) is 0 Å². The number of hydrogen-bond acceptors (Lipinski definition) is 4. The molecule has 0 unspecified atom stereocenters. The topological polar surface area (TPSA) is 66.9 Å². The molecule has 0 aliphatic heterocycles. The maximum absolute atomic E-state index is 12.2. The number of anilines is 2. The molecule has 1 aromatic heterocycles. The summed E-state index contributed by atoms with van der Waals surface area (Å²) in [5.74, 6) is 0.414. The molecule has 0 spiro atoms. The van der Waals surface area contributed by atoms with E-state index < -0.39 is 0 Å². The highest BCUT2D eigenvalue weighted by atomic mass is 35.5. The van der Waals surface area contributed by atoms with Gasteiger partial charge in [0, 0.05) is 16.8 Å². The second-order valence-electron chi connectivity index (χ2n) is 5.85. The lowest BCUT2D eigenvalue weighted by Gasteiger charge is -2.12. The van der Waals surface area contributed by atoms with Gasteiger partial charge in [0.05, 0.1) is 0 Å². The summed E-state index contributed by atoms with van der Waals surface area (Å²) in [6.07, 6.45) is 4.84. The molecule has 0 bridgehead atoms. The number of aromatic nitrogens is 2. The zero-order valence-corrected chi connectivity index (χ0v) is 13.7. The minimum Gasteiger partial charge on any atom is -0.366 e. The lowest BCUT2D eigenvalue weighted by atomic mass is 10.2. The molecule has 2 N–H and O–H groups in total. The Morgan fingerprint density at radius 3 is 2.61 bits per heavy atom. The summed E-state index contributed by atoms with van der Waals surface area (Å²) >= 11 is 6.06. The second kappa shape index (κ2) is 6.96. The standard InChI is InChI=1S/C17H19ClN4O/c1-11-6-7-13(10-14(11)18)20-17(23)15-8-9-16(22-21-15)19-12-4-2-3-5-12/h6-10,12H,2-5H2,1H3,(H,19,22)(H,20,23). The van der Waals surface area contributed by atoms with Crippen molar-refractivity contribution in [3.63, 3.8) is 0 Å². The average Bonchev–Trinajstić information content (AvgIpc) is 3.04. The molecule has 1 fully saturated rings. The van der Waals surface area contributed by atoms with Crippen molar-refractivity contribution in [2.24, 2.45) is 0 Å². The van der Waals surface area contributed by atoms with E-state index in [0.717, 1.165) is 18.4 Å². The Morgan fingerprint density at radius 1 is 1.17 bits per heavy atom. The van der Waals surface area contributed by atoms with E-state index in [-0.39, 0.29) is 11.6 Å². The number of halogens is 1. The fraction of sp³-hybridized carbons (Fsp3) is 0.353. The molecular weight excluding hydrogens is 312 g/mol. The quantitative estimate of drug-likeness (QED) is 0.887. The number of aryl methyl sites for hydroxylation is 1. The van der Waals surface area contributed by atoms with E-state index in [1.807, 2.05) is 19.1 Å². The monoisotopic (exact) mass is 330 g/mol. The van der Waals surface area contributed by atoms with Crippen LogP contribution in [0.5, 0.6) is 0 Å². The highest BCUT2D eigenvalue weighted by Gasteiger charge is 2.15. The van der Waals surface area contributed by atoms with Crippen molar-refractivity contribution >= 4 is 29.0 Å². The normalized spacial score (nSPS) is 14.7. The van der Waals surface area contributed by atoms with Gasteiger partial charge in [-0.1, -0.05) is 30.5 Å². The van der Waals surface area contributed by atoms with E-state index >= 15 is 0 Å². The van der Waals surface area contributed by atoms with Crippen LogP contribution in [-0.4, -0.2) is 22.1 Å². The lowest BCUT2D eigenvalue weighted by Crippen LogP contribution is -2.18. The highest BCUT2D eigenvalue weighted by molar-refractivity contribution is 6.31. The Morgan fingerprint density at radius 2 is 1.96 bits per heavy atom. The number of carbonyl (C=O) groups excluding carboxylic acids is 1. The molecule has 3 rings (SSSR count). The van der Waals surface area contributed by atoms with Crippen LogP contribution in [0.3, 0.4) is 0 Å². The van der Waals surface area contributed by atoms with Gasteiger partial charge in [-0.05, 0) is 49.6 Å². The fourth-order valence-electron chi connectivity index (χ4n) is 2.68. The third-order valence-corrected chi connectivity index (χ3v) is 4.44. The Labute approximate surface area is 140 Å². The van der Waals surface area contributed by atoms with Crippen molar-refractivity contribution < 1.29 is 4.79 Å². The van der Waals surface area contributed by atoms with Gasteiger partial charge in [-0.15, -0.1) is 10.2 Å². The molecular formula is C17H19ClN4O. The smallest absolute Gasteiger partial charge is 0.276 e. The van der Waals surface area contributed by atoms with Gasteiger partial charge in [0.2, 0.25) is 0 Å². The van der Waals surface area contributed by atoms with Gasteiger partial charge in [0.15, 0.2) is 5.69 Å². The summed E-state index contributed by atoms with van der Waals surface area (Å²) in [6, 6.07) is 9.33. The Kier molecular flexibility index (Phi) is 4.76. The number of nitrogens with one attached hydrogen (secondary N) is 2. The van der Waals surface area contributed by atoms with E-state index in [9.17, 15) is 4.79 Å². The molecule has 1 aromatic carbocycles. The van der Waals surface area contributed by atoms with Crippen molar-refractivity contribution in [2.45, 2.75) is 38.6 Å². The first kappa shape index (κ1) is 15.7. The van der Waals surface area contributed by atoms with E-state index in [4.69, 9.17) is 11.6 Å². The van der Waals surface area contributed by atoms with Crippen LogP contribution in [0.15, 0.2) is 30.3 Å². The summed E-state index contributed by atoms with van der Waals surface area (Å²) in [5, 5.41) is 14.8. The molecule has 5 nitrogen and oxygen atoms in total. The average molecular weight is 331 g/mol. The first-order chi connectivity index (χ1) is 11.1. The molecule has 2 aromatic rings. The maximum Gasteiger partial charge on any atom is 0.276 e. The van der Waals surface area contributed by atoms with E-state index in [1.54, 1.807) is 18.2 Å². The van der Waals surface area contributed by atoms with E-state index in [2.05, 4.69) is 20.8 Å². The van der Waals surface area contributed by atoms with Crippen molar-refractivity contribution in [3.05, 3.63) is 46.6 Å². The third kappa shape index (κ3) is 3.99. The SMILES string of the molecule is Cc1ccc(NC(=O)c2ccc(NC3CCCC3)nn2)cc1Cl. The second-order valence-corrected chi connectivity index (χ2v) is 6.25. The predicted octanol–water partition coefficient (Wildman–Crippen LogP) is 4.05. The third-order valence-electron chi connectivity index (χ3n) is 4.03. The molecule has 1 saturated carbocycles. The highest BCUT2D eigenvalue weighted by Crippen LogP contribution is 2.22. The van der Waals surface area contributed by atoms with Crippen LogP contribution in [-0.2, 0) is 0 Å². The van der Waals surface area contributed by atoms with Gasteiger partial charge in [0.25, 0.3) is 5.91 Å². The summed E-state index contributed by atoms with van der Waals surface area (Å²) in [6.45, 7) is 1.91. The molecule has 0 atom stereocenters. The molecule has 1 heterocycles. The first-order valence-electron chi connectivity index (χ1n) is 7.79. The minimum atomic E-state index is -0.301. The van der Waals surface area contributed by atoms with Gasteiger partial charge in [0.1, 0.15) is 5.82 Å². The zero-order valence-electron chi connectivity index (χ0n) is 13.0. The number of carbonyl (C=O) groups is 1. The first-order valence-corrected chi connectivity index (χ1v) is 8.17. The van der Waals surface area contributed by atoms with E-state index in [0.29, 0.717) is 22.6 Å². The van der Waals surface area contributed by atoms with Crippen molar-refractivity contribution in [1.82, 2.24) is 10.2 Å². The molecule has 1 amide bonds. The number of rotatable bonds is 4. The van der Waals surface area contributed by atoms with Crippen LogP contribution in [0.25, 0.3) is 0 Å². The number of nitrogens with zero attached hydrogens (tertiary/aromatic N) is 2. The number of hydrogen-bond donors (Lipinski definition) is 2. The van der Waals surface area contributed by atoms with Gasteiger partial charge in [-0.25, -0.2) is 0 Å². The molecule has 1 aliphatic rings. The van der Waals surface area contributed by atoms with Crippen LogP contribution in [0.1, 0.15) is 41.7 Å². The summed E-state index contributed by atoms with van der Waals surface area (Å²) in [4.78, 5) is 12.2. The van der Waals surface area contributed by atoms with Crippen LogP contribution in [0.2, 0.25) is 5.02 Å². The Bertz CT molecular complexity index is 696. The maximum atomic E-state index is 12.2. The Balaban J connectivity index is 1.63. The van der Waals surface area contributed by atoms with Gasteiger partial charge < -0.3 is 10.6 Å². The predicted molar refractivity (Wildman–Crippen MR) is 92.1 cm³/mol. The zero-order chi connectivity index (χ0) is 16.2. The number of benzene rings is 1. The molecule has 23 heavy (non-hydrogen) atoms. The van der Waals surface area contributed by atoms with Crippen LogP contribution in [0.4, 0.5) is 11.5 Å². The van der Waals surface area contributed by atoms with Gasteiger partial charge in [-0.3, -0.25) is 4.79 Å². The van der Waals surface area contributed by atoms with Crippen LogP contribution < -0.4 is 10.6 Å². The molecule has 0 saturated heterocycles. The van der Waals surface area contributed by atoms with Crippen molar-refractivity contribution in [3.8, 4) is 0 Å². The van der Waals surface area contributed by atoms with E-state index in [1.165, 1.54) is 12.8 Å². The largest absolute Gasteiger partial charge is 0.366 e.